The lowest BCUT2D eigenvalue weighted by molar-refractivity contribution is 0.573. The smallest absolute Gasteiger partial charge is 0.160 e. The molecule has 0 bridgehead atoms. The Morgan fingerprint density at radius 2 is 2.11 bits per heavy atom. The van der Waals surface area contributed by atoms with Crippen molar-refractivity contribution in [3.63, 3.8) is 0 Å². The number of fused-ring (bicyclic) bond motifs is 1. The van der Waals surface area contributed by atoms with Gasteiger partial charge in [-0.05, 0) is 31.4 Å². The molecule has 2 aromatic rings. The molecule has 0 spiro atoms. The second-order valence-electron chi connectivity index (χ2n) is 4.58. The van der Waals surface area contributed by atoms with Crippen molar-refractivity contribution in [1.29, 1.82) is 5.26 Å². The topological polar surface area (TPSA) is 54.5 Å². The molecule has 0 unspecified atom stereocenters. The molecule has 0 N–H and O–H groups in total. The average molecular weight is 242 g/mol. The van der Waals surface area contributed by atoms with Gasteiger partial charge in [-0.2, -0.15) is 5.26 Å². The molecule has 0 fully saturated rings. The van der Waals surface area contributed by atoms with E-state index in [0.717, 1.165) is 35.4 Å². The zero-order chi connectivity index (χ0) is 13.1. The number of pyridine rings is 1. The molecule has 4 nitrogen and oxygen atoms in total. The fourth-order valence-electron chi connectivity index (χ4n) is 2.32. The number of rotatable bonds is 4. The molecule has 0 saturated carbocycles. The summed E-state index contributed by atoms with van der Waals surface area (Å²) in [4.78, 5) is 9.10. The Kier molecular flexibility index (Phi) is 3.61. The zero-order valence-electron chi connectivity index (χ0n) is 11.1. The molecule has 0 amide bonds. The lowest BCUT2D eigenvalue weighted by Gasteiger charge is -2.12. The number of nitrogens with zero attached hydrogens (tertiary/aromatic N) is 4. The van der Waals surface area contributed by atoms with Gasteiger partial charge in [-0.3, -0.25) is 4.57 Å². The SMILES string of the molecule is CCC(CC)c1nc2cc(C)cnc2n1CC#N. The van der Waals surface area contributed by atoms with E-state index in [1.54, 1.807) is 0 Å². The van der Waals surface area contributed by atoms with Crippen molar-refractivity contribution < 1.29 is 0 Å². The van der Waals surface area contributed by atoms with Crippen molar-refractivity contribution in [2.24, 2.45) is 0 Å². The highest BCUT2D eigenvalue weighted by atomic mass is 15.1. The minimum atomic E-state index is 0.318. The van der Waals surface area contributed by atoms with Crippen LogP contribution in [0.25, 0.3) is 11.2 Å². The molecule has 2 aromatic heterocycles. The maximum Gasteiger partial charge on any atom is 0.160 e. The Morgan fingerprint density at radius 3 is 2.72 bits per heavy atom. The van der Waals surface area contributed by atoms with Crippen molar-refractivity contribution in [2.75, 3.05) is 0 Å². The van der Waals surface area contributed by atoms with Crippen LogP contribution < -0.4 is 0 Å². The second-order valence-corrected chi connectivity index (χ2v) is 4.58. The fourth-order valence-corrected chi connectivity index (χ4v) is 2.32. The second kappa shape index (κ2) is 5.18. The molecule has 2 rings (SSSR count). The van der Waals surface area contributed by atoms with E-state index in [2.05, 4.69) is 29.9 Å². The van der Waals surface area contributed by atoms with Crippen molar-refractivity contribution >= 4 is 11.2 Å². The van der Waals surface area contributed by atoms with E-state index in [1.165, 1.54) is 0 Å². The molecule has 0 aliphatic heterocycles. The summed E-state index contributed by atoms with van der Waals surface area (Å²) in [6.45, 7) is 6.64. The highest BCUT2D eigenvalue weighted by molar-refractivity contribution is 5.72. The molecule has 0 aromatic carbocycles. The maximum atomic E-state index is 8.98. The number of hydrogen-bond acceptors (Lipinski definition) is 3. The first kappa shape index (κ1) is 12.6. The van der Waals surface area contributed by atoms with E-state index in [1.807, 2.05) is 23.8 Å². The number of hydrogen-bond donors (Lipinski definition) is 0. The third kappa shape index (κ3) is 2.08. The summed E-state index contributed by atoms with van der Waals surface area (Å²) in [5.41, 5.74) is 2.82. The first-order chi connectivity index (χ1) is 8.71. The first-order valence-corrected chi connectivity index (χ1v) is 6.41. The van der Waals surface area contributed by atoms with E-state index < -0.39 is 0 Å². The van der Waals surface area contributed by atoms with Crippen LogP contribution in [0.3, 0.4) is 0 Å². The first-order valence-electron chi connectivity index (χ1n) is 6.41. The van der Waals surface area contributed by atoms with Crippen molar-refractivity contribution in [3.05, 3.63) is 23.7 Å². The Bertz CT molecular complexity index is 588. The zero-order valence-corrected chi connectivity index (χ0v) is 11.1. The largest absolute Gasteiger partial charge is 0.298 e. The van der Waals surface area contributed by atoms with Crippen molar-refractivity contribution in [1.82, 2.24) is 14.5 Å². The monoisotopic (exact) mass is 242 g/mol. The Balaban J connectivity index is 2.64. The van der Waals surface area contributed by atoms with Crippen LogP contribution in [0.2, 0.25) is 0 Å². The lowest BCUT2D eigenvalue weighted by Crippen LogP contribution is -2.08. The quantitative estimate of drug-likeness (QED) is 0.827. The number of aromatic nitrogens is 3. The lowest BCUT2D eigenvalue weighted by atomic mass is 10.0. The van der Waals surface area contributed by atoms with Gasteiger partial charge in [-0.25, -0.2) is 9.97 Å². The summed E-state index contributed by atoms with van der Waals surface area (Å²) in [5, 5.41) is 8.98. The third-order valence-electron chi connectivity index (χ3n) is 3.33. The standard InChI is InChI=1S/C14H18N4/c1-4-11(5-2)13-17-12-8-10(3)9-16-14(12)18(13)7-6-15/h8-9,11H,4-5,7H2,1-3H3. The summed E-state index contributed by atoms with van der Waals surface area (Å²) in [6.07, 6.45) is 3.89. The van der Waals surface area contributed by atoms with Crippen LogP contribution in [0.15, 0.2) is 12.3 Å². The molecule has 0 aliphatic carbocycles. The van der Waals surface area contributed by atoms with Gasteiger partial charge in [-0.15, -0.1) is 0 Å². The highest BCUT2D eigenvalue weighted by Gasteiger charge is 2.18. The fraction of sp³-hybridized carbons (Fsp3) is 0.500. The van der Waals surface area contributed by atoms with Gasteiger partial charge in [0.05, 0.1) is 6.07 Å². The molecule has 0 radical (unpaired) electrons. The molecular weight excluding hydrogens is 224 g/mol. The van der Waals surface area contributed by atoms with Gasteiger partial charge in [0.1, 0.15) is 17.9 Å². The molecule has 4 heteroatoms. The summed E-state index contributed by atoms with van der Waals surface area (Å²) in [6, 6.07) is 4.23. The Morgan fingerprint density at radius 1 is 1.39 bits per heavy atom. The van der Waals surface area contributed by atoms with Crippen molar-refractivity contribution in [3.8, 4) is 6.07 Å². The van der Waals surface area contributed by atoms with Crippen LogP contribution in [0.1, 0.15) is 44.0 Å². The normalized spacial score (nSPS) is 11.1. The van der Waals surface area contributed by atoms with E-state index in [4.69, 9.17) is 5.26 Å². The van der Waals surface area contributed by atoms with Gasteiger partial charge in [-0.1, -0.05) is 13.8 Å². The van der Waals surface area contributed by atoms with E-state index >= 15 is 0 Å². The predicted octanol–water partition coefficient (Wildman–Crippen LogP) is 3.17. The summed E-state index contributed by atoms with van der Waals surface area (Å²) < 4.78 is 1.95. The van der Waals surface area contributed by atoms with Gasteiger partial charge in [0.25, 0.3) is 0 Å². The number of aryl methyl sites for hydroxylation is 1. The minimum absolute atomic E-state index is 0.318. The van der Waals surface area contributed by atoms with Crippen LogP contribution in [0.4, 0.5) is 0 Å². The molecule has 0 aliphatic rings. The maximum absolute atomic E-state index is 8.98. The van der Waals surface area contributed by atoms with Gasteiger partial charge < -0.3 is 0 Å². The van der Waals surface area contributed by atoms with Gasteiger partial charge in [0, 0.05) is 12.1 Å². The summed E-state index contributed by atoms with van der Waals surface area (Å²) >= 11 is 0. The van der Waals surface area contributed by atoms with E-state index in [9.17, 15) is 0 Å². The Hall–Kier alpha value is -1.89. The van der Waals surface area contributed by atoms with Crippen molar-refractivity contribution in [2.45, 2.75) is 46.1 Å². The molecule has 2 heterocycles. The molecule has 0 saturated heterocycles. The summed E-state index contributed by atoms with van der Waals surface area (Å²) in [7, 11) is 0. The predicted molar refractivity (Wildman–Crippen MR) is 71.2 cm³/mol. The summed E-state index contributed by atoms with van der Waals surface area (Å²) in [5.74, 6) is 1.39. The van der Waals surface area contributed by atoms with Crippen LogP contribution in [-0.4, -0.2) is 14.5 Å². The van der Waals surface area contributed by atoms with Gasteiger partial charge in [0.2, 0.25) is 0 Å². The number of nitriles is 1. The van der Waals surface area contributed by atoms with E-state index in [0.29, 0.717) is 12.5 Å². The van der Waals surface area contributed by atoms with Crippen LogP contribution in [0, 0.1) is 18.3 Å². The van der Waals surface area contributed by atoms with Gasteiger partial charge >= 0.3 is 0 Å². The van der Waals surface area contributed by atoms with Crippen LogP contribution >= 0.6 is 0 Å². The van der Waals surface area contributed by atoms with Gasteiger partial charge in [0.15, 0.2) is 5.65 Å². The number of imidazole rings is 1. The van der Waals surface area contributed by atoms with E-state index in [-0.39, 0.29) is 0 Å². The van der Waals surface area contributed by atoms with Crippen LogP contribution in [-0.2, 0) is 6.54 Å². The average Bonchev–Trinajstić information content (AvgIpc) is 2.70. The molecule has 94 valence electrons. The molecule has 0 atom stereocenters. The minimum Gasteiger partial charge on any atom is -0.298 e. The molecule has 18 heavy (non-hydrogen) atoms. The molecular formula is C14H18N4. The highest BCUT2D eigenvalue weighted by Crippen LogP contribution is 2.26. The Labute approximate surface area is 107 Å². The third-order valence-corrected chi connectivity index (χ3v) is 3.33. The van der Waals surface area contributed by atoms with Crippen LogP contribution in [0.5, 0.6) is 0 Å².